The van der Waals surface area contributed by atoms with Crippen molar-refractivity contribution in [3.8, 4) is 11.5 Å². The van der Waals surface area contributed by atoms with E-state index >= 15 is 0 Å². The molecule has 1 unspecified atom stereocenters. The molecular formula is C15H22N2O3. The molecule has 0 aliphatic heterocycles. The van der Waals surface area contributed by atoms with Crippen molar-refractivity contribution in [1.82, 2.24) is 0 Å². The first kappa shape index (κ1) is 14.7. The second kappa shape index (κ2) is 5.71. The summed E-state index contributed by atoms with van der Waals surface area (Å²) < 4.78 is 10.7. The predicted molar refractivity (Wildman–Crippen MR) is 78.1 cm³/mol. The Labute approximate surface area is 119 Å². The highest BCUT2D eigenvalue weighted by Crippen LogP contribution is 2.39. The molecule has 5 nitrogen and oxygen atoms in total. The van der Waals surface area contributed by atoms with Gasteiger partial charge >= 0.3 is 0 Å². The minimum atomic E-state index is -0.814. The van der Waals surface area contributed by atoms with Crippen LogP contribution in [0.25, 0.3) is 0 Å². The molecule has 3 N–H and O–H groups in total. The van der Waals surface area contributed by atoms with Crippen LogP contribution in [-0.2, 0) is 4.79 Å². The van der Waals surface area contributed by atoms with Crippen molar-refractivity contribution in [3.63, 3.8) is 0 Å². The van der Waals surface area contributed by atoms with E-state index in [2.05, 4.69) is 5.32 Å². The number of methoxy groups -OCH3 is 1. The van der Waals surface area contributed by atoms with Crippen LogP contribution in [0.1, 0.15) is 26.7 Å². The average molecular weight is 278 g/mol. The van der Waals surface area contributed by atoms with Gasteiger partial charge in [-0.2, -0.15) is 0 Å². The van der Waals surface area contributed by atoms with Crippen molar-refractivity contribution in [3.05, 3.63) is 18.2 Å². The summed E-state index contributed by atoms with van der Waals surface area (Å²) in [6.45, 7) is 4.25. The highest BCUT2D eigenvalue weighted by molar-refractivity contribution is 5.98. The van der Waals surface area contributed by atoms with Crippen molar-refractivity contribution in [1.29, 1.82) is 0 Å². The van der Waals surface area contributed by atoms with Crippen LogP contribution in [0.5, 0.6) is 11.5 Å². The molecule has 1 amide bonds. The molecule has 1 aromatic carbocycles. The van der Waals surface area contributed by atoms with Crippen molar-refractivity contribution in [2.24, 2.45) is 11.7 Å². The summed E-state index contributed by atoms with van der Waals surface area (Å²) in [4.78, 5) is 12.2. The quantitative estimate of drug-likeness (QED) is 0.836. The third kappa shape index (κ3) is 3.04. The van der Waals surface area contributed by atoms with Crippen LogP contribution in [0, 0.1) is 5.92 Å². The SMILES string of the molecule is CCOc1ccc(NC(=O)C(C)(N)C2CC2)cc1OC. The maximum atomic E-state index is 12.2. The lowest BCUT2D eigenvalue weighted by atomic mass is 9.96. The zero-order chi connectivity index (χ0) is 14.8. The molecule has 1 aliphatic rings. The van der Waals surface area contributed by atoms with E-state index in [4.69, 9.17) is 15.2 Å². The third-order valence-corrected chi connectivity index (χ3v) is 3.64. The van der Waals surface area contributed by atoms with Crippen molar-refractivity contribution < 1.29 is 14.3 Å². The third-order valence-electron chi connectivity index (χ3n) is 3.64. The fourth-order valence-electron chi connectivity index (χ4n) is 2.15. The second-order valence-electron chi connectivity index (χ2n) is 5.31. The molecule has 0 radical (unpaired) electrons. The average Bonchev–Trinajstić information content (AvgIpc) is 3.25. The van der Waals surface area contributed by atoms with Gasteiger partial charge in [-0.1, -0.05) is 0 Å². The predicted octanol–water partition coefficient (Wildman–Crippen LogP) is 2.16. The van der Waals surface area contributed by atoms with Gasteiger partial charge < -0.3 is 20.5 Å². The molecule has 5 heteroatoms. The number of carbonyl (C=O) groups excluding carboxylic acids is 1. The summed E-state index contributed by atoms with van der Waals surface area (Å²) in [5, 5.41) is 2.85. The Kier molecular flexibility index (Phi) is 4.18. The van der Waals surface area contributed by atoms with Gasteiger partial charge in [0.15, 0.2) is 11.5 Å². The molecule has 1 saturated carbocycles. The number of hydrogen-bond acceptors (Lipinski definition) is 4. The molecule has 2 rings (SSSR count). The van der Waals surface area contributed by atoms with Gasteiger partial charge in [-0.3, -0.25) is 4.79 Å². The lowest BCUT2D eigenvalue weighted by Gasteiger charge is -2.23. The number of carbonyl (C=O) groups is 1. The van der Waals surface area contributed by atoms with Crippen LogP contribution in [0.4, 0.5) is 5.69 Å². The zero-order valence-electron chi connectivity index (χ0n) is 12.2. The Morgan fingerprint density at radius 1 is 1.45 bits per heavy atom. The highest BCUT2D eigenvalue weighted by Gasteiger charge is 2.44. The lowest BCUT2D eigenvalue weighted by molar-refractivity contribution is -0.121. The number of ether oxygens (including phenoxy) is 2. The number of benzene rings is 1. The van der Waals surface area contributed by atoms with E-state index in [0.29, 0.717) is 23.8 Å². The van der Waals surface area contributed by atoms with Gasteiger partial charge in [-0.25, -0.2) is 0 Å². The Morgan fingerprint density at radius 2 is 2.15 bits per heavy atom. The minimum Gasteiger partial charge on any atom is -0.493 e. The molecule has 0 heterocycles. The zero-order valence-corrected chi connectivity index (χ0v) is 12.2. The molecule has 110 valence electrons. The van der Waals surface area contributed by atoms with Crippen molar-refractivity contribution in [2.45, 2.75) is 32.2 Å². The maximum absolute atomic E-state index is 12.2. The Morgan fingerprint density at radius 3 is 2.70 bits per heavy atom. The molecule has 1 atom stereocenters. The van der Waals surface area contributed by atoms with Crippen LogP contribution < -0.4 is 20.5 Å². The van der Waals surface area contributed by atoms with Crippen LogP contribution >= 0.6 is 0 Å². The minimum absolute atomic E-state index is 0.161. The van der Waals surface area contributed by atoms with Gasteiger partial charge in [0.25, 0.3) is 0 Å². The van der Waals surface area contributed by atoms with Gasteiger partial charge in [0.2, 0.25) is 5.91 Å². The molecule has 1 fully saturated rings. The van der Waals surface area contributed by atoms with Crippen molar-refractivity contribution >= 4 is 11.6 Å². The van der Waals surface area contributed by atoms with Crippen LogP contribution in [0.3, 0.4) is 0 Å². The van der Waals surface area contributed by atoms with Gasteiger partial charge in [0.1, 0.15) is 0 Å². The summed E-state index contributed by atoms with van der Waals surface area (Å²) in [6.07, 6.45) is 2.04. The van der Waals surface area contributed by atoms with E-state index in [9.17, 15) is 4.79 Å². The Hall–Kier alpha value is -1.75. The van der Waals surface area contributed by atoms with E-state index in [-0.39, 0.29) is 11.8 Å². The normalized spacial score (nSPS) is 17.2. The number of nitrogens with two attached hydrogens (primary N) is 1. The van der Waals surface area contributed by atoms with E-state index < -0.39 is 5.54 Å². The number of nitrogens with one attached hydrogen (secondary N) is 1. The van der Waals surface area contributed by atoms with Gasteiger partial charge in [-0.05, 0) is 44.7 Å². The lowest BCUT2D eigenvalue weighted by Crippen LogP contribution is -2.50. The van der Waals surface area contributed by atoms with Gasteiger partial charge in [0.05, 0.1) is 19.3 Å². The molecule has 0 aromatic heterocycles. The summed E-state index contributed by atoms with van der Waals surface area (Å²) in [5.41, 5.74) is 5.94. The Balaban J connectivity index is 2.11. The number of rotatable bonds is 6. The van der Waals surface area contributed by atoms with E-state index in [1.807, 2.05) is 6.92 Å². The van der Waals surface area contributed by atoms with E-state index in [1.54, 1.807) is 32.2 Å². The first-order valence-electron chi connectivity index (χ1n) is 6.90. The fraction of sp³-hybridized carbons (Fsp3) is 0.533. The smallest absolute Gasteiger partial charge is 0.244 e. The van der Waals surface area contributed by atoms with E-state index in [1.165, 1.54) is 0 Å². The second-order valence-corrected chi connectivity index (χ2v) is 5.31. The molecule has 1 aliphatic carbocycles. The first-order chi connectivity index (χ1) is 9.48. The van der Waals surface area contributed by atoms with Gasteiger partial charge in [-0.15, -0.1) is 0 Å². The number of anilines is 1. The summed E-state index contributed by atoms with van der Waals surface area (Å²) in [7, 11) is 1.57. The summed E-state index contributed by atoms with van der Waals surface area (Å²) in [6, 6.07) is 5.31. The molecule has 0 spiro atoms. The molecule has 0 bridgehead atoms. The maximum Gasteiger partial charge on any atom is 0.244 e. The van der Waals surface area contributed by atoms with Crippen LogP contribution in [0.2, 0.25) is 0 Å². The fourth-order valence-corrected chi connectivity index (χ4v) is 2.15. The molecule has 20 heavy (non-hydrogen) atoms. The summed E-state index contributed by atoms with van der Waals surface area (Å²) >= 11 is 0. The van der Waals surface area contributed by atoms with Crippen molar-refractivity contribution in [2.75, 3.05) is 19.0 Å². The van der Waals surface area contributed by atoms with Crippen LogP contribution in [-0.4, -0.2) is 25.2 Å². The largest absolute Gasteiger partial charge is 0.493 e. The first-order valence-corrected chi connectivity index (χ1v) is 6.90. The topological polar surface area (TPSA) is 73.6 Å². The Bertz CT molecular complexity index is 496. The van der Waals surface area contributed by atoms with Crippen LogP contribution in [0.15, 0.2) is 18.2 Å². The number of hydrogen-bond donors (Lipinski definition) is 2. The highest BCUT2D eigenvalue weighted by atomic mass is 16.5. The molecule has 1 aromatic rings. The monoisotopic (exact) mass is 278 g/mol. The number of amides is 1. The molecular weight excluding hydrogens is 256 g/mol. The standard InChI is InChI=1S/C15H22N2O3/c1-4-20-12-8-7-11(9-13(12)19-3)17-14(18)15(2,16)10-5-6-10/h7-10H,4-6,16H2,1-3H3,(H,17,18). The summed E-state index contributed by atoms with van der Waals surface area (Å²) in [5.74, 6) is 1.37. The van der Waals surface area contributed by atoms with E-state index in [0.717, 1.165) is 12.8 Å². The van der Waals surface area contributed by atoms with Gasteiger partial charge in [0, 0.05) is 11.8 Å². The molecule has 0 saturated heterocycles.